The van der Waals surface area contributed by atoms with E-state index in [1.165, 1.54) is 13.3 Å². The molecule has 20 heavy (non-hydrogen) atoms. The molecule has 0 spiro atoms. The Hall–Kier alpha value is -0.830. The molecule has 0 radical (unpaired) electrons. The van der Waals surface area contributed by atoms with Crippen molar-refractivity contribution in [3.8, 4) is 0 Å². The van der Waals surface area contributed by atoms with Crippen LogP contribution >= 0.6 is 0 Å². The van der Waals surface area contributed by atoms with Crippen LogP contribution in [0.2, 0.25) is 0 Å². The minimum absolute atomic E-state index is 0.0771. The van der Waals surface area contributed by atoms with Crippen molar-refractivity contribution < 1.29 is 14.6 Å². The summed E-state index contributed by atoms with van der Waals surface area (Å²) in [6.07, 6.45) is 6.46. The van der Waals surface area contributed by atoms with Crippen molar-refractivity contribution in [2.24, 2.45) is 16.7 Å². The lowest BCUT2D eigenvalue weighted by molar-refractivity contribution is -0.178. The summed E-state index contributed by atoms with van der Waals surface area (Å²) < 4.78 is 5.21. The standard InChI is InChI=1S/C17H28O3/c1-12-7-8-14-15(3,4)9-6-10-16(14,5)17(12,19)11-20-13(2)18/h7,14,19H,6,8-11H2,1-5H3/t14-,16-,17+/m0/s1. The molecule has 3 heteroatoms. The molecule has 1 N–H and O–H groups in total. The van der Waals surface area contributed by atoms with E-state index in [-0.39, 0.29) is 23.4 Å². The molecule has 0 aromatic rings. The molecule has 2 aliphatic carbocycles. The van der Waals surface area contributed by atoms with Crippen molar-refractivity contribution in [1.82, 2.24) is 0 Å². The second kappa shape index (κ2) is 4.87. The smallest absolute Gasteiger partial charge is 0.302 e. The van der Waals surface area contributed by atoms with Crippen LogP contribution in [0.4, 0.5) is 0 Å². The Labute approximate surface area is 122 Å². The maximum atomic E-state index is 11.3. The number of allylic oxidation sites excluding steroid dienone is 1. The molecule has 114 valence electrons. The van der Waals surface area contributed by atoms with E-state index in [9.17, 15) is 9.90 Å². The molecular weight excluding hydrogens is 252 g/mol. The van der Waals surface area contributed by atoms with Gasteiger partial charge in [-0.25, -0.2) is 0 Å². The summed E-state index contributed by atoms with van der Waals surface area (Å²) in [5.74, 6) is 0.0972. The van der Waals surface area contributed by atoms with Crippen LogP contribution in [0.15, 0.2) is 11.6 Å². The van der Waals surface area contributed by atoms with E-state index in [0.29, 0.717) is 5.92 Å². The first-order valence-electron chi connectivity index (χ1n) is 7.66. The number of carbonyl (C=O) groups is 1. The number of esters is 1. The Bertz CT molecular complexity index is 438. The lowest BCUT2D eigenvalue weighted by atomic mass is 9.47. The fraction of sp³-hybridized carbons (Fsp3) is 0.824. The zero-order valence-electron chi connectivity index (χ0n) is 13.5. The van der Waals surface area contributed by atoms with Gasteiger partial charge in [-0.3, -0.25) is 4.79 Å². The molecule has 0 amide bonds. The molecule has 0 saturated heterocycles. The van der Waals surface area contributed by atoms with Gasteiger partial charge < -0.3 is 9.84 Å². The van der Waals surface area contributed by atoms with E-state index in [4.69, 9.17) is 4.74 Å². The fourth-order valence-corrected chi connectivity index (χ4v) is 4.59. The molecule has 1 saturated carbocycles. The van der Waals surface area contributed by atoms with Gasteiger partial charge in [-0.2, -0.15) is 0 Å². The van der Waals surface area contributed by atoms with Gasteiger partial charge in [-0.15, -0.1) is 0 Å². The first-order chi connectivity index (χ1) is 9.13. The minimum Gasteiger partial charge on any atom is -0.462 e. The number of hydrogen-bond acceptors (Lipinski definition) is 3. The predicted octanol–water partition coefficient (Wildman–Crippen LogP) is 3.46. The predicted molar refractivity (Wildman–Crippen MR) is 79.2 cm³/mol. The largest absolute Gasteiger partial charge is 0.462 e. The molecule has 3 nitrogen and oxygen atoms in total. The summed E-state index contributed by atoms with van der Waals surface area (Å²) >= 11 is 0. The average molecular weight is 280 g/mol. The van der Waals surface area contributed by atoms with Gasteiger partial charge in [0, 0.05) is 12.3 Å². The minimum atomic E-state index is -1.03. The van der Waals surface area contributed by atoms with Crippen molar-refractivity contribution in [3.05, 3.63) is 11.6 Å². The van der Waals surface area contributed by atoms with Crippen molar-refractivity contribution >= 4 is 5.97 Å². The zero-order valence-corrected chi connectivity index (χ0v) is 13.5. The van der Waals surface area contributed by atoms with Gasteiger partial charge in [0.25, 0.3) is 0 Å². The summed E-state index contributed by atoms with van der Waals surface area (Å²) in [6.45, 7) is 10.2. The number of aliphatic hydroxyl groups is 1. The summed E-state index contributed by atoms with van der Waals surface area (Å²) in [6, 6.07) is 0. The van der Waals surface area contributed by atoms with Crippen molar-refractivity contribution in [3.63, 3.8) is 0 Å². The fourth-order valence-electron chi connectivity index (χ4n) is 4.59. The van der Waals surface area contributed by atoms with Gasteiger partial charge in [0.05, 0.1) is 0 Å². The topological polar surface area (TPSA) is 46.5 Å². The molecule has 3 atom stereocenters. The van der Waals surface area contributed by atoms with E-state index < -0.39 is 5.60 Å². The van der Waals surface area contributed by atoms with Gasteiger partial charge in [0.2, 0.25) is 0 Å². The average Bonchev–Trinajstić information content (AvgIpc) is 2.32. The first-order valence-corrected chi connectivity index (χ1v) is 7.66. The van der Waals surface area contributed by atoms with Crippen LogP contribution in [0.1, 0.15) is 60.3 Å². The maximum Gasteiger partial charge on any atom is 0.302 e. The van der Waals surface area contributed by atoms with Crippen LogP contribution in [-0.4, -0.2) is 23.3 Å². The van der Waals surface area contributed by atoms with Gasteiger partial charge in [-0.05, 0) is 43.1 Å². The van der Waals surface area contributed by atoms with Gasteiger partial charge in [-0.1, -0.05) is 33.3 Å². The van der Waals surface area contributed by atoms with Crippen LogP contribution in [0, 0.1) is 16.7 Å². The zero-order chi connectivity index (χ0) is 15.2. The third-order valence-electron chi connectivity index (χ3n) is 5.97. The lowest BCUT2D eigenvalue weighted by Gasteiger charge is -2.59. The normalized spacial score (nSPS) is 39.7. The van der Waals surface area contributed by atoms with E-state index in [2.05, 4.69) is 26.8 Å². The molecule has 1 fully saturated rings. The monoisotopic (exact) mass is 280 g/mol. The Morgan fingerprint density at radius 3 is 2.65 bits per heavy atom. The molecule has 2 aliphatic rings. The molecule has 0 aliphatic heterocycles. The Morgan fingerprint density at radius 1 is 1.40 bits per heavy atom. The van der Waals surface area contributed by atoms with Crippen LogP contribution in [-0.2, 0) is 9.53 Å². The van der Waals surface area contributed by atoms with E-state index >= 15 is 0 Å². The van der Waals surface area contributed by atoms with Crippen LogP contribution in [0.25, 0.3) is 0 Å². The van der Waals surface area contributed by atoms with E-state index in [0.717, 1.165) is 24.8 Å². The quantitative estimate of drug-likeness (QED) is 0.622. The number of hydrogen-bond donors (Lipinski definition) is 1. The number of ether oxygens (including phenoxy) is 1. The Kier molecular flexibility index (Phi) is 3.79. The summed E-state index contributed by atoms with van der Waals surface area (Å²) in [5, 5.41) is 11.3. The molecule has 0 aromatic heterocycles. The van der Waals surface area contributed by atoms with Crippen LogP contribution < -0.4 is 0 Å². The highest BCUT2D eigenvalue weighted by Crippen LogP contribution is 2.61. The van der Waals surface area contributed by atoms with E-state index in [1.54, 1.807) is 0 Å². The van der Waals surface area contributed by atoms with Crippen molar-refractivity contribution in [1.29, 1.82) is 0 Å². The Morgan fingerprint density at radius 2 is 2.05 bits per heavy atom. The molecule has 0 aromatic carbocycles. The number of rotatable bonds is 2. The number of carbonyl (C=O) groups excluding carboxylic acids is 1. The Balaban J connectivity index is 2.41. The van der Waals surface area contributed by atoms with Gasteiger partial charge in [0.1, 0.15) is 12.2 Å². The second-order valence-electron chi connectivity index (χ2n) is 7.58. The molecule has 0 heterocycles. The second-order valence-corrected chi connectivity index (χ2v) is 7.58. The highest BCUT2D eigenvalue weighted by molar-refractivity contribution is 5.66. The summed E-state index contributed by atoms with van der Waals surface area (Å²) in [4.78, 5) is 11.2. The third kappa shape index (κ3) is 2.20. The molecule has 2 rings (SSSR count). The first kappa shape index (κ1) is 15.6. The highest BCUT2D eigenvalue weighted by Gasteiger charge is 2.59. The highest BCUT2D eigenvalue weighted by atomic mass is 16.5. The molecule has 0 bridgehead atoms. The molecule has 0 unspecified atom stereocenters. The third-order valence-corrected chi connectivity index (χ3v) is 5.97. The number of fused-ring (bicyclic) bond motifs is 1. The maximum absolute atomic E-state index is 11.3. The summed E-state index contributed by atoms with van der Waals surface area (Å²) in [5.41, 5.74) is -0.0771. The van der Waals surface area contributed by atoms with Crippen LogP contribution in [0.5, 0.6) is 0 Å². The van der Waals surface area contributed by atoms with E-state index in [1.807, 2.05) is 6.92 Å². The lowest BCUT2D eigenvalue weighted by Crippen LogP contribution is -2.61. The van der Waals surface area contributed by atoms with Crippen molar-refractivity contribution in [2.45, 2.75) is 65.9 Å². The summed E-state index contributed by atoms with van der Waals surface area (Å²) in [7, 11) is 0. The van der Waals surface area contributed by atoms with Crippen LogP contribution in [0.3, 0.4) is 0 Å². The molecular formula is C17H28O3. The van der Waals surface area contributed by atoms with Gasteiger partial charge in [0.15, 0.2) is 0 Å². The SMILES string of the molecule is CC(=O)OC[C@@]1(O)C(C)=CC[C@H]2C(C)(C)CCC[C@@]21C. The van der Waals surface area contributed by atoms with Gasteiger partial charge >= 0.3 is 5.97 Å². The van der Waals surface area contributed by atoms with Crippen molar-refractivity contribution in [2.75, 3.05) is 6.61 Å².